The molecule has 1 aromatic rings. The van der Waals surface area contributed by atoms with Crippen molar-refractivity contribution in [2.24, 2.45) is 0 Å². The highest BCUT2D eigenvalue weighted by molar-refractivity contribution is 6.30. The second-order valence-corrected chi connectivity index (χ2v) is 3.50. The molecule has 14 heavy (non-hydrogen) atoms. The number of rotatable bonds is 5. The highest BCUT2D eigenvalue weighted by Gasteiger charge is 2.02. The Morgan fingerprint density at radius 3 is 2.86 bits per heavy atom. The Bertz CT molecular complexity index is 289. The van der Waals surface area contributed by atoms with E-state index in [1.807, 2.05) is 18.2 Å². The molecule has 1 aromatic carbocycles. The molecule has 0 bridgehead atoms. The molecular formula is C11H16ClNO. The summed E-state index contributed by atoms with van der Waals surface area (Å²) in [5, 5.41) is 4.03. The normalized spacial score (nSPS) is 10.2. The average Bonchev–Trinajstić information content (AvgIpc) is 2.19. The van der Waals surface area contributed by atoms with Gasteiger partial charge in [-0.15, -0.1) is 0 Å². The van der Waals surface area contributed by atoms with Crippen molar-refractivity contribution in [3.05, 3.63) is 28.8 Å². The molecule has 0 radical (unpaired) electrons. The highest BCUT2D eigenvalue weighted by atomic mass is 35.5. The van der Waals surface area contributed by atoms with Crippen molar-refractivity contribution in [3.63, 3.8) is 0 Å². The first-order chi connectivity index (χ1) is 6.77. The van der Waals surface area contributed by atoms with Gasteiger partial charge in [0, 0.05) is 5.02 Å². The Morgan fingerprint density at radius 2 is 2.21 bits per heavy atom. The molecule has 1 rings (SSSR count). The smallest absolute Gasteiger partial charge is 0.122 e. The van der Waals surface area contributed by atoms with Crippen LogP contribution in [0.4, 0.5) is 0 Å². The van der Waals surface area contributed by atoms with Crippen molar-refractivity contribution in [1.82, 2.24) is 5.32 Å². The molecule has 0 amide bonds. The third-order valence-electron chi connectivity index (χ3n) is 2.06. The van der Waals surface area contributed by atoms with Gasteiger partial charge in [0.05, 0.1) is 7.11 Å². The van der Waals surface area contributed by atoms with E-state index in [2.05, 4.69) is 12.2 Å². The SMILES string of the molecule is CCNCCc1cc(Cl)ccc1OC. The number of ether oxygens (including phenoxy) is 1. The van der Waals surface area contributed by atoms with Gasteiger partial charge in [-0.05, 0) is 43.3 Å². The molecule has 0 aliphatic heterocycles. The van der Waals surface area contributed by atoms with Crippen molar-refractivity contribution < 1.29 is 4.74 Å². The zero-order valence-electron chi connectivity index (χ0n) is 8.64. The molecule has 0 saturated heterocycles. The quantitative estimate of drug-likeness (QED) is 0.759. The maximum absolute atomic E-state index is 5.91. The van der Waals surface area contributed by atoms with Gasteiger partial charge in [-0.25, -0.2) is 0 Å². The lowest BCUT2D eigenvalue weighted by Crippen LogP contribution is -2.16. The fraction of sp³-hybridized carbons (Fsp3) is 0.455. The van der Waals surface area contributed by atoms with Crippen LogP contribution in [0.2, 0.25) is 5.02 Å². The molecule has 2 nitrogen and oxygen atoms in total. The van der Waals surface area contributed by atoms with Crippen LogP contribution in [-0.4, -0.2) is 20.2 Å². The largest absolute Gasteiger partial charge is 0.496 e. The Morgan fingerprint density at radius 1 is 1.43 bits per heavy atom. The lowest BCUT2D eigenvalue weighted by Gasteiger charge is -2.08. The van der Waals surface area contributed by atoms with Gasteiger partial charge < -0.3 is 10.1 Å². The summed E-state index contributed by atoms with van der Waals surface area (Å²) in [7, 11) is 1.68. The highest BCUT2D eigenvalue weighted by Crippen LogP contribution is 2.22. The monoisotopic (exact) mass is 213 g/mol. The van der Waals surface area contributed by atoms with Gasteiger partial charge in [0.25, 0.3) is 0 Å². The fourth-order valence-electron chi connectivity index (χ4n) is 1.34. The minimum Gasteiger partial charge on any atom is -0.496 e. The first-order valence-electron chi connectivity index (χ1n) is 4.81. The topological polar surface area (TPSA) is 21.3 Å². The molecule has 0 aromatic heterocycles. The number of methoxy groups -OCH3 is 1. The number of halogens is 1. The minimum atomic E-state index is 0.761. The van der Waals surface area contributed by atoms with Crippen molar-refractivity contribution in [2.75, 3.05) is 20.2 Å². The van der Waals surface area contributed by atoms with E-state index in [9.17, 15) is 0 Å². The lowest BCUT2D eigenvalue weighted by atomic mass is 10.1. The third-order valence-corrected chi connectivity index (χ3v) is 2.30. The Kier molecular flexibility index (Phi) is 4.77. The van der Waals surface area contributed by atoms with Gasteiger partial charge in [0.1, 0.15) is 5.75 Å². The Hall–Kier alpha value is -0.730. The third kappa shape index (κ3) is 3.20. The molecule has 78 valence electrons. The molecule has 0 fully saturated rings. The van der Waals surface area contributed by atoms with Crippen molar-refractivity contribution in [1.29, 1.82) is 0 Å². The van der Waals surface area contributed by atoms with Crippen LogP contribution in [0, 0.1) is 0 Å². The van der Waals surface area contributed by atoms with E-state index in [0.29, 0.717) is 0 Å². The summed E-state index contributed by atoms with van der Waals surface area (Å²) in [5.74, 6) is 0.910. The summed E-state index contributed by atoms with van der Waals surface area (Å²) >= 11 is 5.91. The standard InChI is InChI=1S/C11H16ClNO/c1-3-13-7-6-9-8-10(12)4-5-11(9)14-2/h4-5,8,13H,3,6-7H2,1-2H3. The van der Waals surface area contributed by atoms with Crippen LogP contribution in [-0.2, 0) is 6.42 Å². The summed E-state index contributed by atoms with van der Waals surface area (Å²) in [6, 6.07) is 5.71. The molecule has 0 saturated carbocycles. The van der Waals surface area contributed by atoms with Crippen molar-refractivity contribution >= 4 is 11.6 Å². The second kappa shape index (κ2) is 5.89. The molecule has 0 spiro atoms. The van der Waals surface area contributed by atoms with Crippen LogP contribution >= 0.6 is 11.6 Å². The van der Waals surface area contributed by atoms with Gasteiger partial charge >= 0.3 is 0 Å². The van der Waals surface area contributed by atoms with E-state index in [4.69, 9.17) is 16.3 Å². The zero-order chi connectivity index (χ0) is 10.4. The molecule has 0 atom stereocenters. The van der Waals surface area contributed by atoms with E-state index >= 15 is 0 Å². The molecule has 0 aliphatic carbocycles. The van der Waals surface area contributed by atoms with Crippen molar-refractivity contribution in [3.8, 4) is 5.75 Å². The van der Waals surface area contributed by atoms with Crippen LogP contribution in [0.3, 0.4) is 0 Å². The van der Waals surface area contributed by atoms with E-state index in [0.717, 1.165) is 35.8 Å². The minimum absolute atomic E-state index is 0.761. The Labute approximate surface area is 90.2 Å². The predicted octanol–water partition coefficient (Wildman–Crippen LogP) is 2.50. The van der Waals surface area contributed by atoms with Gasteiger partial charge in [-0.3, -0.25) is 0 Å². The van der Waals surface area contributed by atoms with Gasteiger partial charge in [-0.2, -0.15) is 0 Å². The summed E-state index contributed by atoms with van der Waals surface area (Å²) in [6.45, 7) is 4.03. The van der Waals surface area contributed by atoms with Crippen LogP contribution < -0.4 is 10.1 Å². The first-order valence-corrected chi connectivity index (χ1v) is 5.19. The van der Waals surface area contributed by atoms with Gasteiger partial charge in [-0.1, -0.05) is 18.5 Å². The summed E-state index contributed by atoms with van der Waals surface area (Å²) < 4.78 is 5.24. The molecule has 3 heteroatoms. The summed E-state index contributed by atoms with van der Waals surface area (Å²) in [6.07, 6.45) is 0.942. The van der Waals surface area contributed by atoms with Gasteiger partial charge in [0.2, 0.25) is 0 Å². The predicted molar refractivity (Wildman–Crippen MR) is 60.3 cm³/mol. The van der Waals surface area contributed by atoms with Crippen LogP contribution in [0.5, 0.6) is 5.75 Å². The van der Waals surface area contributed by atoms with Crippen molar-refractivity contribution in [2.45, 2.75) is 13.3 Å². The molecule has 0 heterocycles. The molecule has 0 unspecified atom stereocenters. The number of likely N-dealkylation sites (N-methyl/N-ethyl adjacent to an activating group) is 1. The zero-order valence-corrected chi connectivity index (χ0v) is 9.40. The maximum atomic E-state index is 5.91. The average molecular weight is 214 g/mol. The maximum Gasteiger partial charge on any atom is 0.122 e. The van der Waals surface area contributed by atoms with E-state index in [-0.39, 0.29) is 0 Å². The molecule has 0 aliphatic rings. The fourth-order valence-corrected chi connectivity index (χ4v) is 1.54. The number of hydrogen-bond donors (Lipinski definition) is 1. The van der Waals surface area contributed by atoms with Crippen LogP contribution in [0.15, 0.2) is 18.2 Å². The first kappa shape index (κ1) is 11.3. The van der Waals surface area contributed by atoms with Crippen LogP contribution in [0.1, 0.15) is 12.5 Å². The van der Waals surface area contributed by atoms with E-state index < -0.39 is 0 Å². The Balaban J connectivity index is 2.67. The van der Waals surface area contributed by atoms with E-state index in [1.54, 1.807) is 7.11 Å². The summed E-state index contributed by atoms with van der Waals surface area (Å²) in [5.41, 5.74) is 1.15. The summed E-state index contributed by atoms with van der Waals surface area (Å²) in [4.78, 5) is 0. The lowest BCUT2D eigenvalue weighted by molar-refractivity contribution is 0.409. The number of nitrogens with one attached hydrogen (secondary N) is 1. The van der Waals surface area contributed by atoms with E-state index in [1.165, 1.54) is 0 Å². The molecular weight excluding hydrogens is 198 g/mol. The number of hydrogen-bond acceptors (Lipinski definition) is 2. The van der Waals surface area contributed by atoms with Gasteiger partial charge in [0.15, 0.2) is 0 Å². The van der Waals surface area contributed by atoms with Crippen LogP contribution in [0.25, 0.3) is 0 Å². The second-order valence-electron chi connectivity index (χ2n) is 3.06. The number of benzene rings is 1. The molecule has 1 N–H and O–H groups in total.